The van der Waals surface area contributed by atoms with Gasteiger partial charge in [0.2, 0.25) is 0 Å². The van der Waals surface area contributed by atoms with Crippen molar-refractivity contribution in [2.45, 2.75) is 20.8 Å². The molecule has 0 aliphatic heterocycles. The van der Waals surface area contributed by atoms with Gasteiger partial charge < -0.3 is 9.84 Å². The standard InChI is InChI=1S/C4H10O.C2H6O/c1-3-5-4-2;1-2-3/h3-4H2,1-2H3;3H,2H2,1H3. The third-order valence-electron chi connectivity index (χ3n) is 0.408. The van der Waals surface area contributed by atoms with Gasteiger partial charge in [-0.25, -0.2) is 0 Å². The minimum Gasteiger partial charge on any atom is -0.397 e. The van der Waals surface area contributed by atoms with Crippen LogP contribution >= 0.6 is 0 Å². The first kappa shape index (κ1) is 10.8. The molecule has 0 saturated carbocycles. The van der Waals surface area contributed by atoms with Gasteiger partial charge in [-0.3, -0.25) is 0 Å². The second-order valence-electron chi connectivity index (χ2n) is 1.10. The SMILES string of the molecule is CCO.CCOCC. The minimum absolute atomic E-state index is 0.250. The minimum atomic E-state index is 0.250. The Morgan fingerprint density at radius 2 is 1.38 bits per heavy atom. The molecule has 0 aromatic heterocycles. The zero-order valence-corrected chi connectivity index (χ0v) is 5.98. The third-order valence-corrected chi connectivity index (χ3v) is 0.408. The number of hydrogen-bond donors (Lipinski definition) is 1. The predicted molar refractivity (Wildman–Crippen MR) is 34.9 cm³/mol. The molecule has 0 heterocycles. The molecule has 0 rings (SSSR count). The maximum Gasteiger partial charge on any atom is 0.0437 e. The van der Waals surface area contributed by atoms with E-state index < -0.39 is 0 Å². The Bertz CT molecular complexity index is 20.5. The second-order valence-corrected chi connectivity index (χ2v) is 1.10. The Labute approximate surface area is 51.5 Å². The Balaban J connectivity index is 0. The van der Waals surface area contributed by atoms with Crippen molar-refractivity contribution in [1.82, 2.24) is 0 Å². The lowest BCUT2D eigenvalue weighted by molar-refractivity contribution is 0.162. The van der Waals surface area contributed by atoms with Crippen LogP contribution in [0.15, 0.2) is 0 Å². The van der Waals surface area contributed by atoms with Crippen molar-refractivity contribution >= 4 is 0 Å². The molecule has 8 heavy (non-hydrogen) atoms. The summed E-state index contributed by atoms with van der Waals surface area (Å²) >= 11 is 0. The van der Waals surface area contributed by atoms with Gasteiger partial charge in [-0.2, -0.15) is 0 Å². The molecule has 0 aromatic rings. The molecule has 0 spiro atoms. The maximum atomic E-state index is 7.57. The Morgan fingerprint density at radius 1 is 1.12 bits per heavy atom. The lowest BCUT2D eigenvalue weighted by atomic mass is 10.8. The van der Waals surface area contributed by atoms with E-state index in [0.29, 0.717) is 0 Å². The number of aliphatic hydroxyl groups excluding tert-OH is 1. The van der Waals surface area contributed by atoms with Crippen molar-refractivity contribution in [3.63, 3.8) is 0 Å². The van der Waals surface area contributed by atoms with Crippen LogP contribution in [0.1, 0.15) is 20.8 Å². The van der Waals surface area contributed by atoms with Crippen molar-refractivity contribution in [3.05, 3.63) is 0 Å². The van der Waals surface area contributed by atoms with Gasteiger partial charge in [0.05, 0.1) is 0 Å². The molecule has 0 aliphatic rings. The second kappa shape index (κ2) is 15.8. The summed E-state index contributed by atoms with van der Waals surface area (Å²) in [5.41, 5.74) is 0. The van der Waals surface area contributed by atoms with Gasteiger partial charge in [-0.1, -0.05) is 0 Å². The van der Waals surface area contributed by atoms with Crippen LogP contribution in [0.5, 0.6) is 0 Å². The topological polar surface area (TPSA) is 29.5 Å². The summed E-state index contributed by atoms with van der Waals surface area (Å²) in [6, 6.07) is 0. The molecule has 1 N–H and O–H groups in total. The number of rotatable bonds is 2. The quantitative estimate of drug-likeness (QED) is 0.590. The monoisotopic (exact) mass is 120 g/mol. The molecular formula is C6H16O2. The van der Waals surface area contributed by atoms with Gasteiger partial charge in [0.25, 0.3) is 0 Å². The van der Waals surface area contributed by atoms with Crippen LogP contribution < -0.4 is 0 Å². The Morgan fingerprint density at radius 3 is 1.38 bits per heavy atom. The van der Waals surface area contributed by atoms with Crippen LogP contribution in [-0.2, 0) is 4.74 Å². The van der Waals surface area contributed by atoms with Crippen molar-refractivity contribution in [3.8, 4) is 0 Å². The van der Waals surface area contributed by atoms with Gasteiger partial charge >= 0.3 is 0 Å². The lowest BCUT2D eigenvalue weighted by Gasteiger charge is -1.86. The first-order chi connectivity index (χ1) is 3.83. The van der Waals surface area contributed by atoms with Gasteiger partial charge in [-0.05, 0) is 20.8 Å². The average Bonchev–Trinajstić information content (AvgIpc) is 1.71. The molecule has 0 saturated heterocycles. The summed E-state index contributed by atoms with van der Waals surface area (Å²) in [5.74, 6) is 0. The van der Waals surface area contributed by atoms with Crippen LogP contribution in [0.3, 0.4) is 0 Å². The van der Waals surface area contributed by atoms with Crippen molar-refractivity contribution < 1.29 is 9.84 Å². The van der Waals surface area contributed by atoms with Gasteiger partial charge in [0.15, 0.2) is 0 Å². The molecule has 0 amide bonds. The molecule has 0 atom stereocenters. The van der Waals surface area contributed by atoms with E-state index in [1.807, 2.05) is 13.8 Å². The predicted octanol–water partition coefficient (Wildman–Crippen LogP) is 1.04. The van der Waals surface area contributed by atoms with Crippen molar-refractivity contribution in [1.29, 1.82) is 0 Å². The largest absolute Gasteiger partial charge is 0.397 e. The van der Waals surface area contributed by atoms with E-state index >= 15 is 0 Å². The molecule has 0 aliphatic carbocycles. The number of ether oxygens (including phenoxy) is 1. The first-order valence-corrected chi connectivity index (χ1v) is 3.01. The summed E-state index contributed by atoms with van der Waals surface area (Å²) in [5, 5.41) is 7.57. The van der Waals surface area contributed by atoms with E-state index in [0.717, 1.165) is 13.2 Å². The van der Waals surface area contributed by atoms with Crippen molar-refractivity contribution in [2.24, 2.45) is 0 Å². The van der Waals surface area contributed by atoms with Crippen LogP contribution in [-0.4, -0.2) is 24.9 Å². The molecule has 0 aromatic carbocycles. The van der Waals surface area contributed by atoms with Gasteiger partial charge in [-0.15, -0.1) is 0 Å². The summed E-state index contributed by atoms with van der Waals surface area (Å²) in [6.45, 7) is 7.60. The molecule has 0 bridgehead atoms. The van der Waals surface area contributed by atoms with Gasteiger partial charge in [0.1, 0.15) is 0 Å². The molecule has 0 unspecified atom stereocenters. The summed E-state index contributed by atoms with van der Waals surface area (Å²) < 4.78 is 4.83. The van der Waals surface area contributed by atoms with E-state index in [4.69, 9.17) is 9.84 Å². The summed E-state index contributed by atoms with van der Waals surface area (Å²) in [6.07, 6.45) is 0. The zero-order valence-electron chi connectivity index (χ0n) is 5.98. The van der Waals surface area contributed by atoms with Crippen LogP contribution in [0.2, 0.25) is 0 Å². The fourth-order valence-electron chi connectivity index (χ4n) is 0.204. The highest BCUT2D eigenvalue weighted by atomic mass is 16.5. The normalized spacial score (nSPS) is 7.50. The molecule has 0 fully saturated rings. The van der Waals surface area contributed by atoms with Crippen LogP contribution in [0.4, 0.5) is 0 Å². The average molecular weight is 120 g/mol. The number of aliphatic hydroxyl groups is 1. The first-order valence-electron chi connectivity index (χ1n) is 3.01. The van der Waals surface area contributed by atoms with E-state index in [1.165, 1.54) is 0 Å². The maximum absolute atomic E-state index is 7.57. The highest BCUT2D eigenvalue weighted by molar-refractivity contribution is 4.07. The zero-order chi connectivity index (χ0) is 6.83. The van der Waals surface area contributed by atoms with Crippen LogP contribution in [0, 0.1) is 0 Å². The number of hydrogen-bond acceptors (Lipinski definition) is 2. The Kier molecular flexibility index (Phi) is 21.3. The molecule has 52 valence electrons. The van der Waals surface area contributed by atoms with E-state index in [1.54, 1.807) is 6.92 Å². The van der Waals surface area contributed by atoms with E-state index in [9.17, 15) is 0 Å². The third kappa shape index (κ3) is 38.9. The lowest BCUT2D eigenvalue weighted by Crippen LogP contribution is -1.84. The molecule has 2 nitrogen and oxygen atoms in total. The van der Waals surface area contributed by atoms with Crippen molar-refractivity contribution in [2.75, 3.05) is 19.8 Å². The highest BCUT2D eigenvalue weighted by Crippen LogP contribution is 1.64. The molecule has 0 radical (unpaired) electrons. The molecular weight excluding hydrogens is 104 g/mol. The highest BCUT2D eigenvalue weighted by Gasteiger charge is 1.64. The van der Waals surface area contributed by atoms with E-state index in [-0.39, 0.29) is 6.61 Å². The summed E-state index contributed by atoms with van der Waals surface area (Å²) in [7, 11) is 0. The summed E-state index contributed by atoms with van der Waals surface area (Å²) in [4.78, 5) is 0. The van der Waals surface area contributed by atoms with E-state index in [2.05, 4.69) is 0 Å². The smallest absolute Gasteiger partial charge is 0.0437 e. The Hall–Kier alpha value is -0.0800. The van der Waals surface area contributed by atoms with Crippen LogP contribution in [0.25, 0.3) is 0 Å². The van der Waals surface area contributed by atoms with Gasteiger partial charge in [0, 0.05) is 19.8 Å². The fourth-order valence-corrected chi connectivity index (χ4v) is 0.204. The molecule has 2 heteroatoms. The fraction of sp³-hybridized carbons (Fsp3) is 1.00.